The summed E-state index contributed by atoms with van der Waals surface area (Å²) in [5.41, 5.74) is -1.02. The monoisotopic (exact) mass is 244 g/mol. The predicted molar refractivity (Wildman–Crippen MR) is 61.7 cm³/mol. The second-order valence-corrected chi connectivity index (χ2v) is 4.46. The molecule has 1 rings (SSSR count). The van der Waals surface area contributed by atoms with Crippen LogP contribution in [0.1, 0.15) is 20.3 Å². The van der Waals surface area contributed by atoms with Crippen molar-refractivity contribution in [2.45, 2.75) is 26.3 Å². The van der Waals surface area contributed by atoms with Gasteiger partial charge < -0.3 is 20.5 Å². The molecule has 0 aliphatic carbocycles. The van der Waals surface area contributed by atoms with Gasteiger partial charge in [-0.25, -0.2) is 0 Å². The van der Waals surface area contributed by atoms with E-state index in [2.05, 4.69) is 10.6 Å². The Hall–Kier alpha value is -1.14. The Morgan fingerprint density at radius 1 is 1.53 bits per heavy atom. The van der Waals surface area contributed by atoms with Gasteiger partial charge in [-0.05, 0) is 13.5 Å². The number of carboxylic acids is 1. The third-order valence-corrected chi connectivity index (χ3v) is 3.06. The van der Waals surface area contributed by atoms with Crippen LogP contribution in [-0.4, -0.2) is 49.3 Å². The molecule has 0 radical (unpaired) electrons. The highest BCUT2D eigenvalue weighted by molar-refractivity contribution is 5.80. The molecule has 1 fully saturated rings. The van der Waals surface area contributed by atoms with E-state index in [0.717, 1.165) is 6.54 Å². The van der Waals surface area contributed by atoms with Crippen LogP contribution < -0.4 is 10.6 Å². The van der Waals surface area contributed by atoms with Gasteiger partial charge in [0.1, 0.15) is 5.41 Å². The van der Waals surface area contributed by atoms with Crippen LogP contribution in [0, 0.1) is 5.41 Å². The summed E-state index contributed by atoms with van der Waals surface area (Å²) in [5, 5.41) is 14.9. The SMILES string of the molecule is CCNCCC(=O)NC1COCC1(C)C(=O)O. The summed E-state index contributed by atoms with van der Waals surface area (Å²) in [5.74, 6) is -1.08. The number of carbonyl (C=O) groups excluding carboxylic acids is 1. The van der Waals surface area contributed by atoms with E-state index in [1.54, 1.807) is 6.92 Å². The van der Waals surface area contributed by atoms with Crippen molar-refractivity contribution in [2.24, 2.45) is 5.41 Å². The fourth-order valence-corrected chi connectivity index (χ4v) is 1.73. The minimum Gasteiger partial charge on any atom is -0.481 e. The standard InChI is InChI=1S/C11H20N2O4/c1-3-12-5-4-9(14)13-8-6-17-7-11(8,2)10(15)16/h8,12H,3-7H2,1-2H3,(H,13,14)(H,15,16). The van der Waals surface area contributed by atoms with Gasteiger partial charge in [-0.1, -0.05) is 6.92 Å². The largest absolute Gasteiger partial charge is 0.481 e. The van der Waals surface area contributed by atoms with Crippen molar-refractivity contribution in [3.05, 3.63) is 0 Å². The van der Waals surface area contributed by atoms with Crippen LogP contribution in [0.4, 0.5) is 0 Å². The molecule has 0 bridgehead atoms. The normalized spacial score (nSPS) is 28.0. The molecule has 1 saturated heterocycles. The first-order valence-electron chi connectivity index (χ1n) is 5.82. The van der Waals surface area contributed by atoms with E-state index in [4.69, 9.17) is 9.84 Å². The highest BCUT2D eigenvalue weighted by Gasteiger charge is 2.47. The average Bonchev–Trinajstić information content (AvgIpc) is 2.62. The first-order chi connectivity index (χ1) is 8.00. The fraction of sp³-hybridized carbons (Fsp3) is 0.818. The lowest BCUT2D eigenvalue weighted by molar-refractivity contribution is -0.149. The van der Waals surface area contributed by atoms with Crippen LogP contribution in [0.3, 0.4) is 0 Å². The zero-order chi connectivity index (χ0) is 12.9. The van der Waals surface area contributed by atoms with Gasteiger partial charge in [-0.15, -0.1) is 0 Å². The minimum absolute atomic E-state index is 0.139. The molecule has 1 amide bonds. The molecule has 0 aromatic rings. The Balaban J connectivity index is 2.45. The van der Waals surface area contributed by atoms with Gasteiger partial charge >= 0.3 is 5.97 Å². The van der Waals surface area contributed by atoms with Gasteiger partial charge in [-0.2, -0.15) is 0 Å². The molecule has 1 aliphatic rings. The van der Waals surface area contributed by atoms with Crippen molar-refractivity contribution in [3.8, 4) is 0 Å². The summed E-state index contributed by atoms with van der Waals surface area (Å²) in [7, 11) is 0. The minimum atomic E-state index is -1.02. The third kappa shape index (κ3) is 3.41. The molecule has 0 spiro atoms. The number of rotatable bonds is 6. The highest BCUT2D eigenvalue weighted by Crippen LogP contribution is 2.28. The van der Waals surface area contributed by atoms with E-state index < -0.39 is 17.4 Å². The zero-order valence-corrected chi connectivity index (χ0v) is 10.3. The van der Waals surface area contributed by atoms with Crippen LogP contribution in [-0.2, 0) is 14.3 Å². The topological polar surface area (TPSA) is 87.7 Å². The van der Waals surface area contributed by atoms with Crippen LogP contribution in [0.25, 0.3) is 0 Å². The predicted octanol–water partition coefficient (Wildman–Crippen LogP) is -0.408. The highest BCUT2D eigenvalue weighted by atomic mass is 16.5. The number of aliphatic carboxylic acids is 1. The summed E-state index contributed by atoms with van der Waals surface area (Å²) >= 11 is 0. The van der Waals surface area contributed by atoms with Crippen LogP contribution in [0.15, 0.2) is 0 Å². The maximum absolute atomic E-state index is 11.6. The molecule has 1 aliphatic heterocycles. The summed E-state index contributed by atoms with van der Waals surface area (Å²) < 4.78 is 5.15. The van der Waals surface area contributed by atoms with E-state index >= 15 is 0 Å². The van der Waals surface area contributed by atoms with Crippen LogP contribution in [0.5, 0.6) is 0 Å². The second-order valence-electron chi connectivity index (χ2n) is 4.46. The average molecular weight is 244 g/mol. The van der Waals surface area contributed by atoms with Crippen molar-refractivity contribution in [1.29, 1.82) is 0 Å². The molecular weight excluding hydrogens is 224 g/mol. The Kier molecular flexibility index (Phi) is 4.89. The first kappa shape index (κ1) is 13.9. The van der Waals surface area contributed by atoms with Crippen molar-refractivity contribution >= 4 is 11.9 Å². The van der Waals surface area contributed by atoms with Gasteiger partial charge in [0, 0.05) is 13.0 Å². The fourth-order valence-electron chi connectivity index (χ4n) is 1.73. The van der Waals surface area contributed by atoms with Crippen molar-refractivity contribution in [1.82, 2.24) is 10.6 Å². The van der Waals surface area contributed by atoms with E-state index in [0.29, 0.717) is 13.0 Å². The Labute approximate surface area is 101 Å². The molecule has 6 heteroatoms. The zero-order valence-electron chi connectivity index (χ0n) is 10.3. The lowest BCUT2D eigenvalue weighted by Crippen LogP contribution is -2.50. The smallest absolute Gasteiger partial charge is 0.313 e. The molecular formula is C11H20N2O4. The summed E-state index contributed by atoms with van der Waals surface area (Å²) in [6.45, 7) is 5.37. The van der Waals surface area contributed by atoms with Gasteiger partial charge in [0.15, 0.2) is 0 Å². The second kappa shape index (κ2) is 5.97. The number of hydrogen-bond donors (Lipinski definition) is 3. The van der Waals surface area contributed by atoms with Crippen LogP contribution in [0.2, 0.25) is 0 Å². The van der Waals surface area contributed by atoms with Crippen molar-refractivity contribution < 1.29 is 19.4 Å². The van der Waals surface area contributed by atoms with Crippen molar-refractivity contribution in [3.63, 3.8) is 0 Å². The molecule has 98 valence electrons. The van der Waals surface area contributed by atoms with E-state index in [9.17, 15) is 9.59 Å². The van der Waals surface area contributed by atoms with Crippen LogP contribution >= 0.6 is 0 Å². The summed E-state index contributed by atoms with van der Waals surface area (Å²) in [6, 6.07) is -0.450. The number of ether oxygens (including phenoxy) is 1. The summed E-state index contributed by atoms with van der Waals surface area (Å²) in [4.78, 5) is 22.7. The maximum Gasteiger partial charge on any atom is 0.313 e. The molecule has 17 heavy (non-hydrogen) atoms. The Morgan fingerprint density at radius 2 is 2.24 bits per heavy atom. The molecule has 2 atom stereocenters. The Bertz CT molecular complexity index is 295. The Morgan fingerprint density at radius 3 is 2.82 bits per heavy atom. The van der Waals surface area contributed by atoms with E-state index in [1.807, 2.05) is 6.92 Å². The van der Waals surface area contributed by atoms with Gasteiger partial charge in [-0.3, -0.25) is 9.59 Å². The molecule has 0 aromatic carbocycles. The van der Waals surface area contributed by atoms with Gasteiger partial charge in [0.25, 0.3) is 0 Å². The molecule has 6 nitrogen and oxygen atoms in total. The van der Waals surface area contributed by atoms with Gasteiger partial charge in [0.2, 0.25) is 5.91 Å². The lowest BCUT2D eigenvalue weighted by atomic mass is 9.85. The number of carbonyl (C=O) groups is 2. The van der Waals surface area contributed by atoms with Crippen molar-refractivity contribution in [2.75, 3.05) is 26.3 Å². The quantitative estimate of drug-likeness (QED) is 0.553. The number of amides is 1. The number of carboxylic acid groups (broad SMARTS) is 1. The maximum atomic E-state index is 11.6. The lowest BCUT2D eigenvalue weighted by Gasteiger charge is -2.25. The third-order valence-electron chi connectivity index (χ3n) is 3.06. The number of hydrogen-bond acceptors (Lipinski definition) is 4. The number of nitrogens with one attached hydrogen (secondary N) is 2. The molecule has 3 N–H and O–H groups in total. The molecule has 0 saturated carbocycles. The van der Waals surface area contributed by atoms with Gasteiger partial charge in [0.05, 0.1) is 19.3 Å². The molecule has 0 aromatic heterocycles. The molecule has 1 heterocycles. The van der Waals surface area contributed by atoms with E-state index in [1.165, 1.54) is 0 Å². The molecule has 2 unspecified atom stereocenters. The van der Waals surface area contributed by atoms with E-state index in [-0.39, 0.29) is 19.1 Å². The first-order valence-corrected chi connectivity index (χ1v) is 5.82. The summed E-state index contributed by atoms with van der Waals surface area (Å²) in [6.07, 6.45) is 0.347.